The van der Waals surface area contributed by atoms with Crippen LogP contribution in [0.2, 0.25) is 36.3 Å². The van der Waals surface area contributed by atoms with Gasteiger partial charge in [-0.15, -0.1) is 0 Å². The van der Waals surface area contributed by atoms with Gasteiger partial charge in [0.15, 0.2) is 16.6 Å². The summed E-state index contributed by atoms with van der Waals surface area (Å²) < 4.78 is 19.3. The molecule has 3 aliphatic carbocycles. The van der Waals surface area contributed by atoms with Gasteiger partial charge in [-0.3, -0.25) is 4.79 Å². The Hall–Kier alpha value is -0.956. The maximum atomic E-state index is 11.9. The molecule has 3 saturated carbocycles. The molecule has 0 saturated heterocycles. The number of allylic oxidation sites excluding steroid dienone is 3. The average Bonchev–Trinajstić information content (AvgIpc) is 3.25. The van der Waals surface area contributed by atoms with Crippen molar-refractivity contribution in [1.29, 1.82) is 0 Å². The summed E-state index contributed by atoms with van der Waals surface area (Å²) in [6.45, 7) is 35.5. The van der Waals surface area contributed by atoms with Gasteiger partial charge in [0, 0.05) is 12.8 Å². The number of carbonyl (C=O) groups excluding carboxylic acids is 1. The Morgan fingerprint density at radius 2 is 1.64 bits per heavy atom. The fourth-order valence-corrected chi connectivity index (χ4v) is 10.7. The highest BCUT2D eigenvalue weighted by molar-refractivity contribution is 6.74. The molecule has 6 heteroatoms. The van der Waals surface area contributed by atoms with Crippen molar-refractivity contribution < 1.29 is 18.4 Å². The van der Waals surface area contributed by atoms with Crippen molar-refractivity contribution in [2.45, 2.75) is 175 Å². The van der Waals surface area contributed by atoms with Crippen molar-refractivity contribution in [3.8, 4) is 0 Å². The summed E-state index contributed by atoms with van der Waals surface area (Å²) in [7, 11) is -3.92. The number of carbonyl (C=O) groups is 1. The SMILES string of the molecule is C=C1C(=CC=C2CCC[C@@]3(C)C2CCC3C(C)CCCC(=O)OCC)CC(O[Si](C)(C)C(C)(C)C)CC1O[Si](C)(C)C(C)(C)C. The Labute approximate surface area is 280 Å². The van der Waals surface area contributed by atoms with Gasteiger partial charge < -0.3 is 13.6 Å². The van der Waals surface area contributed by atoms with Crippen molar-refractivity contribution in [3.63, 3.8) is 0 Å². The van der Waals surface area contributed by atoms with Crippen LogP contribution in [-0.4, -0.2) is 41.4 Å². The van der Waals surface area contributed by atoms with Gasteiger partial charge >= 0.3 is 5.97 Å². The molecule has 0 aromatic rings. The number of fused-ring (bicyclic) bond motifs is 1. The van der Waals surface area contributed by atoms with Crippen LogP contribution in [0.1, 0.15) is 127 Å². The van der Waals surface area contributed by atoms with Gasteiger partial charge in [0.2, 0.25) is 0 Å². The Morgan fingerprint density at radius 1 is 1.02 bits per heavy atom. The lowest BCUT2D eigenvalue weighted by molar-refractivity contribution is -0.143. The first kappa shape index (κ1) is 38.5. The third kappa shape index (κ3) is 9.15. The van der Waals surface area contributed by atoms with Crippen LogP contribution in [0.15, 0.2) is 35.5 Å². The van der Waals surface area contributed by atoms with Crippen molar-refractivity contribution in [2.75, 3.05) is 6.61 Å². The molecule has 4 nitrogen and oxygen atoms in total. The van der Waals surface area contributed by atoms with Crippen molar-refractivity contribution >= 4 is 22.6 Å². The lowest BCUT2D eigenvalue weighted by atomic mass is 9.60. The molecular formula is C39H70O4Si2. The summed E-state index contributed by atoms with van der Waals surface area (Å²) in [5.41, 5.74) is 4.48. The van der Waals surface area contributed by atoms with Gasteiger partial charge in [-0.25, -0.2) is 0 Å². The summed E-state index contributed by atoms with van der Waals surface area (Å²) in [5.74, 6) is 1.95. The summed E-state index contributed by atoms with van der Waals surface area (Å²) >= 11 is 0. The molecule has 0 aliphatic heterocycles. The van der Waals surface area contributed by atoms with Crippen molar-refractivity contribution in [2.24, 2.45) is 23.2 Å². The van der Waals surface area contributed by atoms with E-state index in [1.54, 1.807) is 5.57 Å². The van der Waals surface area contributed by atoms with E-state index in [9.17, 15) is 4.79 Å². The Bertz CT molecular complexity index is 1110. The quantitative estimate of drug-likeness (QED) is 0.164. The molecule has 0 amide bonds. The fourth-order valence-electron chi connectivity index (χ4n) is 7.98. The molecule has 0 aromatic carbocycles. The lowest BCUT2D eigenvalue weighted by Gasteiger charge is -2.46. The van der Waals surface area contributed by atoms with E-state index in [4.69, 9.17) is 13.6 Å². The highest BCUT2D eigenvalue weighted by Crippen LogP contribution is 2.60. The molecule has 0 bridgehead atoms. The number of hydrogen-bond donors (Lipinski definition) is 0. The van der Waals surface area contributed by atoms with Crippen LogP contribution in [0.25, 0.3) is 0 Å². The predicted octanol–water partition coefficient (Wildman–Crippen LogP) is 11.6. The second-order valence-corrected chi connectivity index (χ2v) is 27.5. The minimum atomic E-state index is -1.98. The largest absolute Gasteiger partial charge is 0.466 e. The van der Waals surface area contributed by atoms with Crippen LogP contribution in [0.3, 0.4) is 0 Å². The molecule has 6 atom stereocenters. The fraction of sp³-hybridized carbons (Fsp3) is 0.821. The van der Waals surface area contributed by atoms with Gasteiger partial charge in [0.05, 0.1) is 18.8 Å². The average molecular weight is 659 g/mol. The molecule has 0 radical (unpaired) electrons. The third-order valence-corrected chi connectivity index (χ3v) is 21.8. The van der Waals surface area contributed by atoms with Crippen LogP contribution in [0, 0.1) is 23.2 Å². The Balaban J connectivity index is 1.84. The van der Waals surface area contributed by atoms with Crippen LogP contribution in [0.4, 0.5) is 0 Å². The van der Waals surface area contributed by atoms with E-state index in [0.717, 1.165) is 31.6 Å². The van der Waals surface area contributed by atoms with Gasteiger partial charge in [-0.2, -0.15) is 0 Å². The highest BCUT2D eigenvalue weighted by Gasteiger charge is 2.50. The number of esters is 1. The highest BCUT2D eigenvalue weighted by atomic mass is 28.4. The van der Waals surface area contributed by atoms with Crippen LogP contribution >= 0.6 is 0 Å². The van der Waals surface area contributed by atoms with Gasteiger partial charge in [-0.05, 0) is 129 Å². The summed E-state index contributed by atoms with van der Waals surface area (Å²) in [4.78, 5) is 11.9. The Kier molecular flexibility index (Phi) is 12.5. The van der Waals surface area contributed by atoms with E-state index < -0.39 is 16.6 Å². The molecular weight excluding hydrogens is 589 g/mol. The molecule has 5 unspecified atom stereocenters. The summed E-state index contributed by atoms with van der Waals surface area (Å²) in [6.07, 6.45) is 15.9. The van der Waals surface area contributed by atoms with E-state index in [0.29, 0.717) is 30.3 Å². The molecule has 3 fully saturated rings. The monoisotopic (exact) mass is 658 g/mol. The first-order valence-corrected chi connectivity index (χ1v) is 24.0. The molecule has 258 valence electrons. The maximum Gasteiger partial charge on any atom is 0.305 e. The number of rotatable bonds is 11. The first-order valence-electron chi connectivity index (χ1n) is 18.2. The Morgan fingerprint density at radius 3 is 2.24 bits per heavy atom. The van der Waals surface area contributed by atoms with Gasteiger partial charge in [0.1, 0.15) is 0 Å². The minimum Gasteiger partial charge on any atom is -0.466 e. The summed E-state index contributed by atoms with van der Waals surface area (Å²) in [5, 5.41) is 0.318. The second-order valence-electron chi connectivity index (χ2n) is 18.0. The topological polar surface area (TPSA) is 44.8 Å². The first-order chi connectivity index (χ1) is 20.6. The molecule has 45 heavy (non-hydrogen) atoms. The van der Waals surface area contributed by atoms with E-state index in [1.807, 2.05) is 6.92 Å². The number of ether oxygens (including phenoxy) is 1. The standard InChI is InChI=1S/C39H70O4Si2/c1-15-41-36(40)20-16-18-28(2)33-23-24-34-30(19-17-25-39(33,34)10)21-22-31-26-32(42-44(11,12)37(4,5)6)27-35(29(31)3)43-45(13,14)38(7,8)9/h21-22,28,32-35H,3,15-20,23-27H2,1-2,4-14H3/t28?,32?,33?,34?,35?,39-/m1/s1. The normalized spacial score (nSPS) is 30.9. The molecule has 0 spiro atoms. The van der Waals surface area contributed by atoms with E-state index >= 15 is 0 Å². The zero-order valence-electron chi connectivity index (χ0n) is 31.7. The molecule has 3 aliphatic rings. The predicted molar refractivity (Wildman–Crippen MR) is 196 cm³/mol. The molecule has 0 N–H and O–H groups in total. The van der Waals surface area contributed by atoms with E-state index in [-0.39, 0.29) is 28.3 Å². The lowest BCUT2D eigenvalue weighted by Crippen LogP contribution is -2.49. The number of hydrogen-bond acceptors (Lipinski definition) is 4. The molecule has 0 aromatic heterocycles. The van der Waals surface area contributed by atoms with Crippen molar-refractivity contribution in [3.05, 3.63) is 35.5 Å². The molecule has 0 heterocycles. The zero-order valence-corrected chi connectivity index (χ0v) is 33.7. The van der Waals surface area contributed by atoms with E-state index in [2.05, 4.69) is 100 Å². The minimum absolute atomic E-state index is 0.0157. The van der Waals surface area contributed by atoms with Crippen LogP contribution in [-0.2, 0) is 18.4 Å². The van der Waals surface area contributed by atoms with Gasteiger partial charge in [-0.1, -0.05) is 79.7 Å². The van der Waals surface area contributed by atoms with E-state index in [1.165, 1.54) is 43.3 Å². The van der Waals surface area contributed by atoms with Crippen molar-refractivity contribution in [1.82, 2.24) is 0 Å². The molecule has 3 rings (SSSR count). The zero-order chi connectivity index (χ0) is 34.0. The van der Waals surface area contributed by atoms with Crippen LogP contribution < -0.4 is 0 Å². The van der Waals surface area contributed by atoms with Crippen LogP contribution in [0.5, 0.6) is 0 Å². The summed E-state index contributed by atoms with van der Waals surface area (Å²) in [6, 6.07) is 0. The maximum absolute atomic E-state index is 11.9. The second kappa shape index (κ2) is 14.7. The third-order valence-electron chi connectivity index (χ3n) is 12.8. The van der Waals surface area contributed by atoms with Gasteiger partial charge in [0.25, 0.3) is 0 Å². The smallest absolute Gasteiger partial charge is 0.305 e.